The van der Waals surface area contributed by atoms with Crippen LogP contribution in [0.1, 0.15) is 64.2 Å². The molecule has 0 saturated heterocycles. The molecule has 0 spiro atoms. The minimum Gasteiger partial charge on any atom is -0.481 e. The van der Waals surface area contributed by atoms with Gasteiger partial charge in [-0.1, -0.05) is 61.4 Å². The summed E-state index contributed by atoms with van der Waals surface area (Å²) in [7, 11) is 0. The number of hydrogen-bond donors (Lipinski definition) is 2. The van der Waals surface area contributed by atoms with Gasteiger partial charge in [0.05, 0.1) is 0 Å². The van der Waals surface area contributed by atoms with Crippen LogP contribution >= 0.6 is 0 Å². The van der Waals surface area contributed by atoms with Gasteiger partial charge in [-0.2, -0.15) is 0 Å². The Bertz CT molecular complexity index is 378. The molecule has 0 aliphatic carbocycles. The largest absolute Gasteiger partial charge is 0.481 e. The zero-order valence-corrected chi connectivity index (χ0v) is 14.2. The first-order chi connectivity index (χ1) is 11.3. The Labute approximate surface area is 141 Å². The van der Waals surface area contributed by atoms with E-state index in [0.717, 1.165) is 38.5 Å². The van der Waals surface area contributed by atoms with E-state index in [4.69, 9.17) is 10.2 Å². The smallest absolute Gasteiger partial charge is 0.303 e. The summed E-state index contributed by atoms with van der Waals surface area (Å²) in [5.41, 5.74) is 0. The maximum Gasteiger partial charge on any atom is 0.303 e. The minimum atomic E-state index is -0.721. The Balaban J connectivity index is 3.41. The van der Waals surface area contributed by atoms with Crippen molar-refractivity contribution in [3.05, 3.63) is 48.6 Å². The Morgan fingerprint density at radius 1 is 0.696 bits per heavy atom. The van der Waals surface area contributed by atoms with Gasteiger partial charge in [0.1, 0.15) is 0 Å². The van der Waals surface area contributed by atoms with E-state index in [1.165, 1.54) is 12.8 Å². The molecule has 0 bridgehead atoms. The molecule has 3 nitrogen and oxygen atoms in total. The lowest BCUT2D eigenvalue weighted by molar-refractivity contribution is -0.137. The molecular weight excluding hydrogens is 288 g/mol. The van der Waals surface area contributed by atoms with Crippen LogP contribution in [0, 0.1) is 0 Å². The van der Waals surface area contributed by atoms with Gasteiger partial charge in [0.25, 0.3) is 0 Å². The lowest BCUT2D eigenvalue weighted by Crippen LogP contribution is -1.92. The molecule has 23 heavy (non-hydrogen) atoms. The summed E-state index contributed by atoms with van der Waals surface area (Å²) < 4.78 is 0. The van der Waals surface area contributed by atoms with Crippen molar-refractivity contribution >= 4 is 5.97 Å². The molecule has 0 heterocycles. The number of aliphatic hydroxyl groups is 1. The van der Waals surface area contributed by atoms with Crippen LogP contribution in [0.4, 0.5) is 0 Å². The van der Waals surface area contributed by atoms with E-state index in [-0.39, 0.29) is 6.42 Å². The van der Waals surface area contributed by atoms with Crippen LogP contribution in [0.15, 0.2) is 48.6 Å². The number of carboxylic acids is 1. The van der Waals surface area contributed by atoms with Crippen LogP contribution in [0.2, 0.25) is 0 Å². The summed E-state index contributed by atoms with van der Waals surface area (Å²) in [4.78, 5) is 10.3. The van der Waals surface area contributed by atoms with Gasteiger partial charge < -0.3 is 10.2 Å². The van der Waals surface area contributed by atoms with E-state index >= 15 is 0 Å². The van der Waals surface area contributed by atoms with Gasteiger partial charge in [0.15, 0.2) is 0 Å². The highest BCUT2D eigenvalue weighted by atomic mass is 16.4. The predicted molar refractivity (Wildman–Crippen MR) is 97.5 cm³/mol. The Hall–Kier alpha value is -1.61. The second-order valence-electron chi connectivity index (χ2n) is 5.48. The second-order valence-corrected chi connectivity index (χ2v) is 5.48. The summed E-state index contributed by atoms with van der Waals surface area (Å²) in [6.45, 7) is 0.312. The minimum absolute atomic E-state index is 0.251. The van der Waals surface area contributed by atoms with Crippen LogP contribution in [0.25, 0.3) is 0 Å². The number of unbranched alkanes of at least 4 members (excludes halogenated alkanes) is 5. The first kappa shape index (κ1) is 21.4. The highest BCUT2D eigenvalue weighted by Gasteiger charge is 1.92. The third-order valence-electron chi connectivity index (χ3n) is 3.30. The van der Waals surface area contributed by atoms with Crippen molar-refractivity contribution in [3.8, 4) is 0 Å². The number of rotatable bonds is 15. The van der Waals surface area contributed by atoms with E-state index in [2.05, 4.69) is 42.5 Å². The summed E-state index contributed by atoms with van der Waals surface area (Å²) >= 11 is 0. The van der Waals surface area contributed by atoms with Gasteiger partial charge >= 0.3 is 5.97 Å². The number of aliphatic hydroxyl groups excluding tert-OH is 1. The molecule has 0 atom stereocenters. The van der Waals surface area contributed by atoms with Gasteiger partial charge in [0, 0.05) is 13.0 Å². The van der Waals surface area contributed by atoms with Gasteiger partial charge in [0.2, 0.25) is 0 Å². The lowest BCUT2D eigenvalue weighted by Gasteiger charge is -1.95. The average molecular weight is 320 g/mol. The number of carboxylic acid groups (broad SMARTS) is 1. The maximum atomic E-state index is 10.3. The van der Waals surface area contributed by atoms with Crippen LogP contribution < -0.4 is 0 Å². The molecule has 130 valence electrons. The van der Waals surface area contributed by atoms with Crippen molar-refractivity contribution in [2.75, 3.05) is 6.61 Å². The fraction of sp³-hybridized carbons (Fsp3) is 0.550. The normalized spacial score (nSPS) is 12.4. The van der Waals surface area contributed by atoms with E-state index in [1.54, 1.807) is 0 Å². The first-order valence-corrected chi connectivity index (χ1v) is 8.71. The second kappa shape index (κ2) is 18.4. The molecule has 0 unspecified atom stereocenters. The van der Waals surface area contributed by atoms with Crippen molar-refractivity contribution in [3.63, 3.8) is 0 Å². The fourth-order valence-electron chi connectivity index (χ4n) is 1.99. The van der Waals surface area contributed by atoms with Gasteiger partial charge in [-0.15, -0.1) is 0 Å². The molecular formula is C20H32O3. The Morgan fingerprint density at radius 2 is 1.30 bits per heavy atom. The van der Waals surface area contributed by atoms with E-state index in [0.29, 0.717) is 13.0 Å². The quantitative estimate of drug-likeness (QED) is 0.248. The van der Waals surface area contributed by atoms with Crippen LogP contribution in [0.3, 0.4) is 0 Å². The molecule has 0 aliphatic rings. The Kier molecular flexibility index (Phi) is 17.1. The van der Waals surface area contributed by atoms with E-state index in [9.17, 15) is 4.79 Å². The molecule has 0 aromatic heterocycles. The van der Waals surface area contributed by atoms with Crippen LogP contribution in [0.5, 0.6) is 0 Å². The predicted octanol–water partition coefficient (Wildman–Crippen LogP) is 5.19. The SMILES string of the molecule is O=C(O)CCC/C=C\C/C=C\C/C=C\C=C\CCCCCCO. The number of carbonyl (C=O) groups is 1. The molecule has 0 rings (SSSR count). The fourth-order valence-corrected chi connectivity index (χ4v) is 1.99. The summed E-state index contributed by atoms with van der Waals surface area (Å²) in [5, 5.41) is 17.2. The van der Waals surface area contributed by atoms with Crippen molar-refractivity contribution in [1.29, 1.82) is 0 Å². The highest BCUT2D eigenvalue weighted by Crippen LogP contribution is 2.03. The van der Waals surface area contributed by atoms with Crippen molar-refractivity contribution in [2.24, 2.45) is 0 Å². The van der Waals surface area contributed by atoms with E-state index < -0.39 is 5.97 Å². The molecule has 3 heteroatoms. The maximum absolute atomic E-state index is 10.3. The standard InChI is InChI=1S/C20H32O3/c21-19-17-15-13-11-9-7-5-3-1-2-4-6-8-10-12-14-16-18-20(22)23/h1,3-7,10,12,21H,2,8-9,11,13-19H2,(H,22,23)/b3-1-,6-4-,7-5+,12-10-. The molecule has 0 saturated carbocycles. The Morgan fingerprint density at radius 3 is 2.04 bits per heavy atom. The number of aliphatic carboxylic acids is 1. The molecule has 2 N–H and O–H groups in total. The molecule has 0 aromatic rings. The average Bonchev–Trinajstić information content (AvgIpc) is 2.53. The van der Waals surface area contributed by atoms with Crippen molar-refractivity contribution in [2.45, 2.75) is 64.2 Å². The lowest BCUT2D eigenvalue weighted by atomic mass is 10.1. The monoisotopic (exact) mass is 320 g/mol. The van der Waals surface area contributed by atoms with E-state index in [1.807, 2.05) is 6.08 Å². The third-order valence-corrected chi connectivity index (χ3v) is 3.30. The molecule has 0 amide bonds. The molecule has 0 aromatic carbocycles. The topological polar surface area (TPSA) is 57.5 Å². The zero-order chi connectivity index (χ0) is 17.0. The molecule has 0 radical (unpaired) electrons. The van der Waals surface area contributed by atoms with Gasteiger partial charge in [-0.3, -0.25) is 4.79 Å². The zero-order valence-electron chi connectivity index (χ0n) is 14.2. The van der Waals surface area contributed by atoms with Crippen LogP contribution in [-0.2, 0) is 4.79 Å². The summed E-state index contributed by atoms with van der Waals surface area (Å²) in [6.07, 6.45) is 26.1. The van der Waals surface area contributed by atoms with Gasteiger partial charge in [-0.25, -0.2) is 0 Å². The third kappa shape index (κ3) is 20.4. The van der Waals surface area contributed by atoms with Crippen LogP contribution in [-0.4, -0.2) is 22.8 Å². The molecule has 0 aliphatic heterocycles. The first-order valence-electron chi connectivity index (χ1n) is 8.71. The van der Waals surface area contributed by atoms with Crippen molar-refractivity contribution in [1.82, 2.24) is 0 Å². The number of hydrogen-bond acceptors (Lipinski definition) is 2. The van der Waals surface area contributed by atoms with Crippen molar-refractivity contribution < 1.29 is 15.0 Å². The number of allylic oxidation sites excluding steroid dienone is 8. The van der Waals surface area contributed by atoms with Gasteiger partial charge in [-0.05, 0) is 44.9 Å². The summed E-state index contributed by atoms with van der Waals surface area (Å²) in [6, 6.07) is 0. The molecule has 0 fully saturated rings. The summed E-state index contributed by atoms with van der Waals surface area (Å²) in [5.74, 6) is -0.721. The highest BCUT2D eigenvalue weighted by molar-refractivity contribution is 5.66.